The molecule has 7 heteroatoms. The maximum absolute atomic E-state index is 12.6. The Labute approximate surface area is 206 Å². The molecular formula is C24H31N2NaO4. The molecule has 0 spiro atoms. The molecule has 31 heavy (non-hydrogen) atoms. The van der Waals surface area contributed by atoms with Crippen molar-refractivity contribution in [2.75, 3.05) is 33.9 Å². The Bertz CT molecular complexity index is 868. The number of hydrogen-bond acceptors (Lipinski definition) is 6. The number of para-hydroxylation sites is 1. The van der Waals surface area contributed by atoms with E-state index in [0.29, 0.717) is 23.7 Å². The van der Waals surface area contributed by atoms with E-state index in [1.165, 1.54) is 12.5 Å². The molecule has 3 rings (SSSR count). The molecule has 0 radical (unpaired) electrons. The number of carbonyl (C=O) groups excluding carboxylic acids is 1. The van der Waals surface area contributed by atoms with Gasteiger partial charge in [0, 0.05) is 0 Å². The normalized spacial score (nSPS) is 15.0. The third kappa shape index (κ3) is 7.98. The van der Waals surface area contributed by atoms with Crippen molar-refractivity contribution in [3.63, 3.8) is 0 Å². The van der Waals surface area contributed by atoms with E-state index in [1.54, 1.807) is 24.3 Å². The molecule has 0 aromatic heterocycles. The first-order valence-corrected chi connectivity index (χ1v) is 10.3. The van der Waals surface area contributed by atoms with Gasteiger partial charge in [-0.05, 0) is 75.8 Å². The summed E-state index contributed by atoms with van der Waals surface area (Å²) in [5, 5.41) is 0. The average Bonchev–Trinajstić information content (AvgIpc) is 2.74. The summed E-state index contributed by atoms with van der Waals surface area (Å²) in [6.07, 6.45) is 6.11. The first kappa shape index (κ1) is 25.4. The van der Waals surface area contributed by atoms with Gasteiger partial charge in [0.05, 0.1) is 12.2 Å². The zero-order chi connectivity index (χ0) is 21.3. The van der Waals surface area contributed by atoms with Crippen LogP contribution in [0.15, 0.2) is 48.5 Å². The number of carbonyl (C=O) groups is 1. The van der Waals surface area contributed by atoms with Gasteiger partial charge in [-0.1, -0.05) is 24.3 Å². The van der Waals surface area contributed by atoms with Crippen LogP contribution < -0.4 is 19.9 Å². The Morgan fingerprint density at radius 2 is 1.94 bits per heavy atom. The standard InChI is InChI=1S/C24H30N2O4.Na.H/c1-26(2)15-4-3-5-16-28-19-12-9-18(10-13-19)11-14-21(27)20-7-6-8-22-24(20)30-23(25)17-29-22;;/h6-14,23H,3-5,15-17,25H2,1-2H3;;. The summed E-state index contributed by atoms with van der Waals surface area (Å²) in [6.45, 7) is 2.09. The predicted octanol–water partition coefficient (Wildman–Crippen LogP) is 3.10. The summed E-state index contributed by atoms with van der Waals surface area (Å²) in [5.41, 5.74) is 7.13. The fourth-order valence-electron chi connectivity index (χ4n) is 3.14. The van der Waals surface area contributed by atoms with Gasteiger partial charge < -0.3 is 19.1 Å². The molecule has 162 valence electrons. The molecule has 2 N–H and O–H groups in total. The first-order chi connectivity index (χ1) is 14.5. The van der Waals surface area contributed by atoms with Crippen LogP contribution in [0.1, 0.15) is 35.2 Å². The topological polar surface area (TPSA) is 74.0 Å². The second-order valence-electron chi connectivity index (χ2n) is 7.58. The maximum atomic E-state index is 12.6. The summed E-state index contributed by atoms with van der Waals surface area (Å²) in [4.78, 5) is 14.8. The molecule has 1 aliphatic heterocycles. The minimum atomic E-state index is -0.573. The molecule has 1 unspecified atom stereocenters. The van der Waals surface area contributed by atoms with Crippen molar-refractivity contribution in [1.82, 2.24) is 4.90 Å². The molecule has 2 aromatic carbocycles. The molecule has 0 bridgehead atoms. The van der Waals surface area contributed by atoms with Crippen molar-refractivity contribution in [2.45, 2.75) is 25.5 Å². The van der Waals surface area contributed by atoms with E-state index in [2.05, 4.69) is 19.0 Å². The molecule has 1 aliphatic rings. The number of unbranched alkanes of at least 4 members (excludes halogenated alkanes) is 2. The van der Waals surface area contributed by atoms with Gasteiger partial charge in [0.15, 0.2) is 23.5 Å². The number of nitrogens with zero attached hydrogens (tertiary/aromatic N) is 1. The second kappa shape index (κ2) is 12.9. The average molecular weight is 435 g/mol. The Balaban J connectivity index is 0.00000341. The molecule has 0 aliphatic carbocycles. The molecule has 0 amide bonds. The molecule has 1 atom stereocenters. The third-order valence-corrected chi connectivity index (χ3v) is 4.74. The van der Waals surface area contributed by atoms with Crippen LogP contribution >= 0.6 is 0 Å². The molecular weight excluding hydrogens is 403 g/mol. The van der Waals surface area contributed by atoms with Crippen LogP contribution in [0.4, 0.5) is 0 Å². The van der Waals surface area contributed by atoms with Crippen LogP contribution in [0.25, 0.3) is 6.08 Å². The van der Waals surface area contributed by atoms with Crippen molar-refractivity contribution >= 4 is 41.4 Å². The summed E-state index contributed by atoms with van der Waals surface area (Å²) in [6, 6.07) is 13.0. The first-order valence-electron chi connectivity index (χ1n) is 10.3. The summed E-state index contributed by atoms with van der Waals surface area (Å²) in [5.74, 6) is 1.62. The zero-order valence-corrected chi connectivity index (χ0v) is 17.7. The quantitative estimate of drug-likeness (QED) is 0.268. The van der Waals surface area contributed by atoms with Crippen molar-refractivity contribution in [3.8, 4) is 17.2 Å². The molecule has 0 fully saturated rings. The Morgan fingerprint density at radius 1 is 1.16 bits per heavy atom. The van der Waals surface area contributed by atoms with E-state index in [1.807, 2.05) is 24.3 Å². The van der Waals surface area contributed by atoms with Gasteiger partial charge in [-0.25, -0.2) is 0 Å². The number of fused-ring (bicyclic) bond motifs is 1. The summed E-state index contributed by atoms with van der Waals surface area (Å²) >= 11 is 0. The second-order valence-corrected chi connectivity index (χ2v) is 7.58. The predicted molar refractivity (Wildman–Crippen MR) is 125 cm³/mol. The van der Waals surface area contributed by atoms with Gasteiger partial charge in [-0.3, -0.25) is 10.5 Å². The van der Waals surface area contributed by atoms with Crippen LogP contribution in [0.2, 0.25) is 0 Å². The van der Waals surface area contributed by atoms with Crippen LogP contribution in [0, 0.1) is 0 Å². The van der Waals surface area contributed by atoms with E-state index in [9.17, 15) is 4.79 Å². The van der Waals surface area contributed by atoms with E-state index in [4.69, 9.17) is 19.9 Å². The fraction of sp³-hybridized carbons (Fsp3) is 0.375. The number of allylic oxidation sites excluding steroid dienone is 1. The van der Waals surface area contributed by atoms with Gasteiger partial charge >= 0.3 is 29.6 Å². The van der Waals surface area contributed by atoms with Crippen LogP contribution in [-0.4, -0.2) is 80.3 Å². The number of rotatable bonds is 10. The molecule has 6 nitrogen and oxygen atoms in total. The molecule has 2 aromatic rings. The zero-order valence-electron chi connectivity index (χ0n) is 17.7. The Kier molecular flexibility index (Phi) is 10.6. The van der Waals surface area contributed by atoms with Crippen molar-refractivity contribution < 1.29 is 19.0 Å². The Hall–Kier alpha value is -1.83. The van der Waals surface area contributed by atoms with Crippen molar-refractivity contribution in [3.05, 3.63) is 59.7 Å². The van der Waals surface area contributed by atoms with E-state index < -0.39 is 6.23 Å². The number of benzene rings is 2. The molecule has 1 heterocycles. The van der Waals surface area contributed by atoms with E-state index in [-0.39, 0.29) is 41.9 Å². The van der Waals surface area contributed by atoms with E-state index >= 15 is 0 Å². The Morgan fingerprint density at radius 3 is 2.68 bits per heavy atom. The number of ether oxygens (including phenoxy) is 3. The minimum absolute atomic E-state index is 0. The van der Waals surface area contributed by atoms with Crippen molar-refractivity contribution in [1.29, 1.82) is 0 Å². The van der Waals surface area contributed by atoms with Gasteiger partial charge in [0.25, 0.3) is 0 Å². The van der Waals surface area contributed by atoms with Crippen LogP contribution in [-0.2, 0) is 0 Å². The SMILES string of the molecule is CN(C)CCCCCOc1ccc(C=CC(=O)c2cccc3c2OC(N)CO3)cc1.[NaH]. The van der Waals surface area contributed by atoms with Gasteiger partial charge in [0.2, 0.25) is 0 Å². The van der Waals surface area contributed by atoms with Crippen LogP contribution in [0.3, 0.4) is 0 Å². The number of hydrogen-bond donors (Lipinski definition) is 1. The number of ketones is 1. The van der Waals surface area contributed by atoms with Gasteiger partial charge in [0.1, 0.15) is 12.4 Å². The van der Waals surface area contributed by atoms with Crippen LogP contribution in [0.5, 0.6) is 17.2 Å². The van der Waals surface area contributed by atoms with Crippen molar-refractivity contribution in [2.24, 2.45) is 5.73 Å². The molecule has 0 saturated heterocycles. The van der Waals surface area contributed by atoms with E-state index in [0.717, 1.165) is 30.7 Å². The van der Waals surface area contributed by atoms with Gasteiger partial charge in [-0.15, -0.1) is 0 Å². The van der Waals surface area contributed by atoms with Gasteiger partial charge in [-0.2, -0.15) is 0 Å². The molecule has 0 saturated carbocycles. The monoisotopic (exact) mass is 434 g/mol. The summed E-state index contributed by atoms with van der Waals surface area (Å²) < 4.78 is 16.9. The fourth-order valence-corrected chi connectivity index (χ4v) is 3.14. The number of nitrogens with two attached hydrogens (primary N) is 1. The summed E-state index contributed by atoms with van der Waals surface area (Å²) in [7, 11) is 4.18. The third-order valence-electron chi connectivity index (χ3n) is 4.74.